The van der Waals surface area contributed by atoms with E-state index in [1.54, 1.807) is 19.2 Å². The zero-order chi connectivity index (χ0) is 16.2. The normalized spacial score (nSPS) is 15.3. The summed E-state index contributed by atoms with van der Waals surface area (Å²) in [6.07, 6.45) is 4.43. The lowest BCUT2D eigenvalue weighted by molar-refractivity contribution is 0.0754. The minimum absolute atomic E-state index is 0.0564. The number of anilines is 1. The van der Waals surface area contributed by atoms with E-state index in [1.165, 1.54) is 28.9 Å². The van der Waals surface area contributed by atoms with Crippen molar-refractivity contribution in [1.82, 2.24) is 14.7 Å². The molecule has 1 N–H and O–H groups in total. The second-order valence-electron chi connectivity index (χ2n) is 5.68. The van der Waals surface area contributed by atoms with Crippen LogP contribution in [0, 0.1) is 0 Å². The van der Waals surface area contributed by atoms with Crippen LogP contribution in [0.25, 0.3) is 0 Å². The van der Waals surface area contributed by atoms with Crippen LogP contribution in [0.5, 0.6) is 0 Å². The molecule has 0 unspecified atom stereocenters. The highest BCUT2D eigenvalue weighted by molar-refractivity contribution is 7.12. The van der Waals surface area contributed by atoms with Crippen molar-refractivity contribution in [2.24, 2.45) is 7.05 Å². The van der Waals surface area contributed by atoms with E-state index in [1.807, 2.05) is 16.3 Å². The monoisotopic (exact) mass is 332 g/mol. The van der Waals surface area contributed by atoms with E-state index in [9.17, 15) is 9.59 Å². The summed E-state index contributed by atoms with van der Waals surface area (Å²) in [5.41, 5.74) is 0.385. The Bertz CT molecular complexity index is 685. The molecule has 1 aliphatic rings. The van der Waals surface area contributed by atoms with Crippen molar-refractivity contribution in [3.63, 3.8) is 0 Å². The van der Waals surface area contributed by atoms with E-state index >= 15 is 0 Å². The Labute approximate surface area is 139 Å². The number of thiophene rings is 1. The molecule has 3 rings (SSSR count). The molecule has 0 bridgehead atoms. The summed E-state index contributed by atoms with van der Waals surface area (Å²) >= 11 is 1.38. The Balaban J connectivity index is 1.72. The standard InChI is InChI=1S/C16H20N4O2S/c1-19-14(17-15(21)13-7-6-10-23-13)11-12(18-19)16(22)20-8-4-2-3-5-9-20/h6-7,10-11H,2-5,8-9H2,1H3,(H,17,21). The molecule has 0 aromatic carbocycles. The molecule has 1 fully saturated rings. The second-order valence-corrected chi connectivity index (χ2v) is 6.62. The Morgan fingerprint density at radius 2 is 1.96 bits per heavy atom. The summed E-state index contributed by atoms with van der Waals surface area (Å²) in [5, 5.41) is 8.92. The van der Waals surface area contributed by atoms with Gasteiger partial charge in [-0.3, -0.25) is 14.3 Å². The number of aryl methyl sites for hydroxylation is 1. The fourth-order valence-electron chi connectivity index (χ4n) is 2.71. The minimum atomic E-state index is -0.184. The number of aromatic nitrogens is 2. The highest BCUT2D eigenvalue weighted by Gasteiger charge is 2.21. The first kappa shape index (κ1) is 15.7. The first-order valence-electron chi connectivity index (χ1n) is 7.83. The summed E-state index contributed by atoms with van der Waals surface area (Å²) in [7, 11) is 1.73. The zero-order valence-corrected chi connectivity index (χ0v) is 13.9. The third kappa shape index (κ3) is 3.61. The highest BCUT2D eigenvalue weighted by atomic mass is 32.1. The number of rotatable bonds is 3. The van der Waals surface area contributed by atoms with E-state index in [2.05, 4.69) is 10.4 Å². The van der Waals surface area contributed by atoms with Crippen LogP contribution in [0.2, 0.25) is 0 Å². The number of carbonyl (C=O) groups excluding carboxylic acids is 2. The van der Waals surface area contributed by atoms with E-state index < -0.39 is 0 Å². The van der Waals surface area contributed by atoms with Crippen molar-refractivity contribution in [2.45, 2.75) is 25.7 Å². The molecule has 3 heterocycles. The predicted octanol–water partition coefficient (Wildman–Crippen LogP) is 2.75. The van der Waals surface area contributed by atoms with Crippen LogP contribution in [0.1, 0.15) is 45.8 Å². The lowest BCUT2D eigenvalue weighted by Gasteiger charge is -2.18. The summed E-state index contributed by atoms with van der Waals surface area (Å²) in [6.45, 7) is 1.57. The maximum absolute atomic E-state index is 12.6. The third-order valence-corrected chi connectivity index (χ3v) is 4.85. The van der Waals surface area contributed by atoms with Crippen molar-refractivity contribution in [3.05, 3.63) is 34.2 Å². The smallest absolute Gasteiger partial charge is 0.274 e. The largest absolute Gasteiger partial charge is 0.337 e. The van der Waals surface area contributed by atoms with Crippen molar-refractivity contribution in [2.75, 3.05) is 18.4 Å². The van der Waals surface area contributed by atoms with Crippen molar-refractivity contribution < 1.29 is 9.59 Å². The minimum Gasteiger partial charge on any atom is -0.337 e. The SMILES string of the molecule is Cn1nc(C(=O)N2CCCCCC2)cc1NC(=O)c1cccs1. The molecule has 122 valence electrons. The number of carbonyl (C=O) groups is 2. The number of hydrogen-bond donors (Lipinski definition) is 1. The number of likely N-dealkylation sites (tertiary alicyclic amines) is 1. The van der Waals surface area contributed by atoms with Gasteiger partial charge in [0.2, 0.25) is 0 Å². The fraction of sp³-hybridized carbons (Fsp3) is 0.438. The number of nitrogens with one attached hydrogen (secondary N) is 1. The van der Waals surface area contributed by atoms with Crippen LogP contribution in [-0.4, -0.2) is 39.6 Å². The number of nitrogens with zero attached hydrogens (tertiary/aromatic N) is 3. The molecule has 6 nitrogen and oxygen atoms in total. The van der Waals surface area contributed by atoms with Gasteiger partial charge in [-0.15, -0.1) is 11.3 Å². The second kappa shape index (κ2) is 6.95. The van der Waals surface area contributed by atoms with Crippen LogP contribution < -0.4 is 5.32 Å². The van der Waals surface area contributed by atoms with E-state index in [0.717, 1.165) is 25.9 Å². The van der Waals surface area contributed by atoms with Gasteiger partial charge in [0.25, 0.3) is 11.8 Å². The molecule has 23 heavy (non-hydrogen) atoms. The summed E-state index contributed by atoms with van der Waals surface area (Å²) in [5.74, 6) is 0.289. The van der Waals surface area contributed by atoms with Gasteiger partial charge in [0.05, 0.1) is 4.88 Å². The van der Waals surface area contributed by atoms with Crippen LogP contribution in [0.3, 0.4) is 0 Å². The molecule has 2 amide bonds. The molecule has 2 aromatic heterocycles. The Morgan fingerprint density at radius 1 is 1.22 bits per heavy atom. The van der Waals surface area contributed by atoms with Crippen LogP contribution >= 0.6 is 11.3 Å². The number of amides is 2. The van der Waals surface area contributed by atoms with Gasteiger partial charge in [0.1, 0.15) is 5.82 Å². The number of hydrogen-bond acceptors (Lipinski definition) is 4. The maximum Gasteiger partial charge on any atom is 0.274 e. The molecule has 0 aliphatic carbocycles. The maximum atomic E-state index is 12.6. The first-order chi connectivity index (χ1) is 11.1. The lowest BCUT2D eigenvalue weighted by Crippen LogP contribution is -2.32. The predicted molar refractivity (Wildman–Crippen MR) is 89.9 cm³/mol. The molecular formula is C16H20N4O2S. The molecular weight excluding hydrogens is 312 g/mol. The van der Waals surface area contributed by atoms with Gasteiger partial charge in [-0.2, -0.15) is 5.10 Å². The Morgan fingerprint density at radius 3 is 2.61 bits per heavy atom. The average molecular weight is 332 g/mol. The van der Waals surface area contributed by atoms with Crippen LogP contribution in [-0.2, 0) is 7.05 Å². The van der Waals surface area contributed by atoms with Crippen molar-refractivity contribution in [1.29, 1.82) is 0 Å². The molecule has 0 saturated carbocycles. The van der Waals surface area contributed by atoms with E-state index in [-0.39, 0.29) is 11.8 Å². The van der Waals surface area contributed by atoms with Crippen LogP contribution in [0.15, 0.2) is 23.6 Å². The lowest BCUT2D eigenvalue weighted by atomic mass is 10.2. The Kier molecular flexibility index (Phi) is 4.76. The van der Waals surface area contributed by atoms with Gasteiger partial charge in [-0.25, -0.2) is 0 Å². The van der Waals surface area contributed by atoms with Crippen molar-refractivity contribution >= 4 is 29.0 Å². The first-order valence-corrected chi connectivity index (χ1v) is 8.71. The van der Waals surface area contributed by atoms with Gasteiger partial charge in [-0.05, 0) is 24.3 Å². The molecule has 1 saturated heterocycles. The molecule has 1 aliphatic heterocycles. The van der Waals surface area contributed by atoms with Gasteiger partial charge in [0, 0.05) is 26.2 Å². The third-order valence-electron chi connectivity index (χ3n) is 3.98. The molecule has 7 heteroatoms. The average Bonchev–Trinajstić information content (AvgIpc) is 3.11. The topological polar surface area (TPSA) is 67.2 Å². The quantitative estimate of drug-likeness (QED) is 0.940. The van der Waals surface area contributed by atoms with Gasteiger partial charge in [-0.1, -0.05) is 18.9 Å². The summed E-state index contributed by atoms with van der Waals surface area (Å²) in [6, 6.07) is 5.25. The molecule has 2 aromatic rings. The summed E-state index contributed by atoms with van der Waals surface area (Å²) < 4.78 is 1.54. The summed E-state index contributed by atoms with van der Waals surface area (Å²) in [4.78, 5) is 27.2. The highest BCUT2D eigenvalue weighted by Crippen LogP contribution is 2.17. The van der Waals surface area contributed by atoms with Crippen LogP contribution in [0.4, 0.5) is 5.82 Å². The zero-order valence-electron chi connectivity index (χ0n) is 13.1. The van der Waals surface area contributed by atoms with Gasteiger partial charge < -0.3 is 10.2 Å². The molecule has 0 spiro atoms. The fourth-order valence-corrected chi connectivity index (χ4v) is 3.33. The Hall–Kier alpha value is -2.15. The van der Waals surface area contributed by atoms with Gasteiger partial charge >= 0.3 is 0 Å². The molecule has 0 atom stereocenters. The van der Waals surface area contributed by atoms with Gasteiger partial charge in [0.15, 0.2) is 5.69 Å². The molecule has 0 radical (unpaired) electrons. The van der Waals surface area contributed by atoms with Crippen molar-refractivity contribution in [3.8, 4) is 0 Å². The van der Waals surface area contributed by atoms with E-state index in [4.69, 9.17) is 0 Å². The van der Waals surface area contributed by atoms with E-state index in [0.29, 0.717) is 16.4 Å².